The van der Waals surface area contributed by atoms with E-state index in [1.807, 2.05) is 0 Å². The van der Waals surface area contributed by atoms with Crippen LogP contribution in [0.3, 0.4) is 0 Å². The highest BCUT2D eigenvalue weighted by molar-refractivity contribution is 5.49. The van der Waals surface area contributed by atoms with Gasteiger partial charge in [0.2, 0.25) is 0 Å². The number of benzene rings is 2. The summed E-state index contributed by atoms with van der Waals surface area (Å²) in [6.07, 6.45) is 5.74. The van der Waals surface area contributed by atoms with E-state index in [9.17, 15) is 0 Å². The standard InChI is InChI=1S/C23H27NO3/c1-24(11-9-16-5-8-22-17(13-16)10-12-25-22)14-18-3-2-4-21-20(18)7-6-19-15-26-27-23(19)21/h5-8,13,18H,2-4,9-12,14-15H2,1H3/t18-/m0/s1. The molecule has 0 saturated carbocycles. The summed E-state index contributed by atoms with van der Waals surface area (Å²) in [5, 5.41) is 0. The molecule has 5 rings (SSSR count). The van der Waals surface area contributed by atoms with Gasteiger partial charge in [-0.25, -0.2) is 0 Å². The molecule has 0 aromatic heterocycles. The normalized spacial score (nSPS) is 20.0. The Kier molecular flexibility index (Phi) is 4.54. The second kappa shape index (κ2) is 7.17. The molecule has 3 aliphatic rings. The van der Waals surface area contributed by atoms with Crippen LogP contribution in [0.4, 0.5) is 0 Å². The molecule has 1 atom stereocenters. The molecule has 0 saturated heterocycles. The summed E-state index contributed by atoms with van der Waals surface area (Å²) in [6, 6.07) is 11.2. The van der Waals surface area contributed by atoms with Crippen molar-refractivity contribution >= 4 is 0 Å². The lowest BCUT2D eigenvalue weighted by molar-refractivity contribution is -0.195. The van der Waals surface area contributed by atoms with Crippen LogP contribution in [0.15, 0.2) is 30.3 Å². The van der Waals surface area contributed by atoms with Gasteiger partial charge in [0.15, 0.2) is 5.75 Å². The minimum atomic E-state index is 0.582. The van der Waals surface area contributed by atoms with Gasteiger partial charge in [-0.15, -0.1) is 0 Å². The SMILES string of the molecule is CN(CCc1ccc2c(c1)CCO2)C[C@@H]1CCCc2c1ccc1c2OOC1. The highest BCUT2D eigenvalue weighted by Gasteiger charge is 2.28. The van der Waals surface area contributed by atoms with Crippen LogP contribution in [0.5, 0.6) is 11.5 Å². The minimum Gasteiger partial charge on any atom is -0.493 e. The van der Waals surface area contributed by atoms with Gasteiger partial charge >= 0.3 is 0 Å². The first kappa shape index (κ1) is 17.1. The lowest BCUT2D eigenvalue weighted by Crippen LogP contribution is -2.28. The maximum absolute atomic E-state index is 5.61. The summed E-state index contributed by atoms with van der Waals surface area (Å²) >= 11 is 0. The number of hydrogen-bond acceptors (Lipinski definition) is 4. The monoisotopic (exact) mass is 365 g/mol. The smallest absolute Gasteiger partial charge is 0.174 e. The molecule has 4 heteroatoms. The molecule has 2 aromatic carbocycles. The first-order chi connectivity index (χ1) is 13.3. The quantitative estimate of drug-likeness (QED) is 0.749. The molecule has 0 amide bonds. The van der Waals surface area contributed by atoms with Crippen LogP contribution in [0.2, 0.25) is 0 Å². The van der Waals surface area contributed by atoms with E-state index in [2.05, 4.69) is 42.3 Å². The molecule has 4 nitrogen and oxygen atoms in total. The first-order valence-corrected chi connectivity index (χ1v) is 10.2. The van der Waals surface area contributed by atoms with Crippen molar-refractivity contribution in [2.24, 2.45) is 0 Å². The van der Waals surface area contributed by atoms with Gasteiger partial charge in [-0.05, 0) is 61.4 Å². The van der Waals surface area contributed by atoms with Crippen LogP contribution in [-0.2, 0) is 30.8 Å². The van der Waals surface area contributed by atoms with E-state index in [-0.39, 0.29) is 0 Å². The van der Waals surface area contributed by atoms with Crippen molar-refractivity contribution in [2.75, 3.05) is 26.7 Å². The van der Waals surface area contributed by atoms with E-state index < -0.39 is 0 Å². The van der Waals surface area contributed by atoms with Crippen LogP contribution >= 0.6 is 0 Å². The lowest BCUT2D eigenvalue weighted by Gasteiger charge is -2.30. The fraction of sp³-hybridized carbons (Fsp3) is 0.478. The fourth-order valence-electron chi connectivity index (χ4n) is 4.75. The second-order valence-corrected chi connectivity index (χ2v) is 8.11. The Morgan fingerprint density at radius 2 is 2.07 bits per heavy atom. The Balaban J connectivity index is 1.24. The highest BCUT2D eigenvalue weighted by Crippen LogP contribution is 2.41. The predicted molar refractivity (Wildman–Crippen MR) is 104 cm³/mol. The second-order valence-electron chi connectivity index (χ2n) is 8.11. The van der Waals surface area contributed by atoms with Crippen LogP contribution in [0, 0.1) is 0 Å². The van der Waals surface area contributed by atoms with Crippen molar-refractivity contribution in [3.8, 4) is 11.5 Å². The van der Waals surface area contributed by atoms with Gasteiger partial charge in [0.05, 0.1) is 6.61 Å². The molecular weight excluding hydrogens is 338 g/mol. The van der Waals surface area contributed by atoms with E-state index in [1.165, 1.54) is 40.7 Å². The predicted octanol–water partition coefficient (Wildman–Crippen LogP) is 4.04. The van der Waals surface area contributed by atoms with Crippen molar-refractivity contribution in [1.82, 2.24) is 4.90 Å². The number of nitrogens with zero attached hydrogens (tertiary/aromatic N) is 1. The van der Waals surface area contributed by atoms with Crippen LogP contribution in [0.1, 0.15) is 46.6 Å². The Bertz CT molecular complexity index is 848. The third kappa shape index (κ3) is 3.32. The van der Waals surface area contributed by atoms with E-state index in [4.69, 9.17) is 14.5 Å². The summed E-state index contributed by atoms with van der Waals surface area (Å²) in [5.41, 5.74) is 6.83. The Morgan fingerprint density at radius 1 is 1.11 bits per heavy atom. The molecule has 0 spiro atoms. The molecule has 27 heavy (non-hydrogen) atoms. The van der Waals surface area contributed by atoms with E-state index in [0.717, 1.165) is 50.5 Å². The van der Waals surface area contributed by atoms with Gasteiger partial charge in [0.25, 0.3) is 0 Å². The zero-order valence-electron chi connectivity index (χ0n) is 16.0. The number of ether oxygens (including phenoxy) is 1. The maximum Gasteiger partial charge on any atom is 0.174 e. The number of hydrogen-bond donors (Lipinski definition) is 0. The first-order valence-electron chi connectivity index (χ1n) is 10.2. The van der Waals surface area contributed by atoms with Crippen molar-refractivity contribution in [2.45, 2.75) is 44.6 Å². The van der Waals surface area contributed by atoms with E-state index in [0.29, 0.717) is 12.5 Å². The fourth-order valence-corrected chi connectivity index (χ4v) is 4.75. The highest BCUT2D eigenvalue weighted by atomic mass is 17.2. The van der Waals surface area contributed by atoms with E-state index >= 15 is 0 Å². The molecule has 142 valence electrons. The Hall–Kier alpha value is -2.04. The molecule has 2 heterocycles. The lowest BCUT2D eigenvalue weighted by atomic mass is 9.81. The van der Waals surface area contributed by atoms with Crippen molar-refractivity contribution in [1.29, 1.82) is 0 Å². The molecule has 2 aromatic rings. The summed E-state index contributed by atoms with van der Waals surface area (Å²) in [5.74, 6) is 2.66. The molecule has 1 aliphatic carbocycles. The number of rotatable bonds is 5. The number of likely N-dealkylation sites (N-methyl/N-ethyl adjacent to an activating group) is 1. The molecular formula is C23H27NO3. The van der Waals surface area contributed by atoms with Gasteiger partial charge in [0.1, 0.15) is 12.4 Å². The largest absolute Gasteiger partial charge is 0.493 e. The summed E-state index contributed by atoms with van der Waals surface area (Å²) in [7, 11) is 2.25. The summed E-state index contributed by atoms with van der Waals surface area (Å²) in [6.45, 7) is 3.59. The maximum atomic E-state index is 5.61. The van der Waals surface area contributed by atoms with E-state index in [1.54, 1.807) is 0 Å². The summed E-state index contributed by atoms with van der Waals surface area (Å²) in [4.78, 5) is 13.1. The van der Waals surface area contributed by atoms with Gasteiger partial charge in [-0.2, -0.15) is 4.89 Å². The van der Waals surface area contributed by atoms with Gasteiger partial charge in [-0.3, -0.25) is 0 Å². The third-order valence-corrected chi connectivity index (χ3v) is 6.22. The molecule has 2 aliphatic heterocycles. The molecule has 0 bridgehead atoms. The van der Waals surface area contributed by atoms with Crippen molar-refractivity contribution in [3.05, 3.63) is 58.1 Å². The average Bonchev–Trinajstić information content (AvgIpc) is 3.35. The van der Waals surface area contributed by atoms with Crippen LogP contribution < -0.4 is 9.62 Å². The van der Waals surface area contributed by atoms with Gasteiger partial charge < -0.3 is 14.5 Å². The molecule has 0 fully saturated rings. The molecule has 0 N–H and O–H groups in total. The molecule has 0 unspecified atom stereocenters. The molecule has 0 radical (unpaired) electrons. The van der Waals surface area contributed by atoms with Crippen LogP contribution in [-0.4, -0.2) is 31.6 Å². The van der Waals surface area contributed by atoms with Gasteiger partial charge in [-0.1, -0.05) is 24.3 Å². The third-order valence-electron chi connectivity index (χ3n) is 6.22. The topological polar surface area (TPSA) is 30.9 Å². The zero-order chi connectivity index (χ0) is 18.2. The van der Waals surface area contributed by atoms with Crippen molar-refractivity contribution < 1.29 is 14.5 Å². The summed E-state index contributed by atoms with van der Waals surface area (Å²) < 4.78 is 5.61. The average molecular weight is 365 g/mol. The zero-order valence-corrected chi connectivity index (χ0v) is 16.0. The Labute approximate surface area is 161 Å². The van der Waals surface area contributed by atoms with Gasteiger partial charge in [0, 0.05) is 30.6 Å². The minimum absolute atomic E-state index is 0.582. The van der Waals surface area contributed by atoms with Crippen molar-refractivity contribution in [3.63, 3.8) is 0 Å². The number of fused-ring (bicyclic) bond motifs is 4. The Morgan fingerprint density at radius 3 is 3.04 bits per heavy atom. The van der Waals surface area contributed by atoms with Crippen LogP contribution in [0.25, 0.3) is 0 Å².